The van der Waals surface area contributed by atoms with Crippen LogP contribution in [-0.4, -0.2) is 61.5 Å². The van der Waals surface area contributed by atoms with Crippen LogP contribution in [0.1, 0.15) is 49.9 Å². The van der Waals surface area contributed by atoms with Gasteiger partial charge in [0.25, 0.3) is 5.91 Å². The first kappa shape index (κ1) is 21.5. The van der Waals surface area contributed by atoms with Crippen LogP contribution in [0.3, 0.4) is 0 Å². The number of carbonyl (C=O) groups excluding carboxylic acids is 1. The molecule has 0 aromatic heterocycles. The van der Waals surface area contributed by atoms with Crippen LogP contribution in [0.2, 0.25) is 5.02 Å². The molecule has 1 aromatic carbocycles. The molecule has 5 nitrogen and oxygen atoms in total. The van der Waals surface area contributed by atoms with Gasteiger partial charge in [-0.25, -0.2) is 4.39 Å². The van der Waals surface area contributed by atoms with Crippen LogP contribution in [0.4, 0.5) is 4.39 Å². The fourth-order valence-electron chi connectivity index (χ4n) is 3.92. The Morgan fingerprint density at radius 1 is 1.36 bits per heavy atom. The fraction of sp³-hybridized carbons (Fsp3) is 0.667. The number of hydrogen-bond donors (Lipinski definition) is 0. The molecule has 28 heavy (non-hydrogen) atoms. The highest BCUT2D eigenvalue weighted by atomic mass is 35.5. The molecule has 1 aromatic rings. The molecule has 2 heterocycles. The van der Waals surface area contributed by atoms with Crippen LogP contribution in [0.25, 0.3) is 0 Å². The SMILES string of the molecule is CC(C)OCCOC1CCOC2(CCN(C(=O)c3cc(Cl)ccc3F)CC2)C1. The summed E-state index contributed by atoms with van der Waals surface area (Å²) in [5, 5.41) is 0.357. The Kier molecular flexibility index (Phi) is 7.31. The highest BCUT2D eigenvalue weighted by molar-refractivity contribution is 6.31. The van der Waals surface area contributed by atoms with Gasteiger partial charge < -0.3 is 19.1 Å². The molecule has 2 aliphatic heterocycles. The van der Waals surface area contributed by atoms with Gasteiger partial charge in [-0.05, 0) is 51.3 Å². The minimum absolute atomic E-state index is 0.0272. The van der Waals surface area contributed by atoms with Crippen molar-refractivity contribution >= 4 is 17.5 Å². The second-order valence-electron chi connectivity index (χ2n) is 7.85. The van der Waals surface area contributed by atoms with E-state index in [0.717, 1.165) is 25.7 Å². The molecule has 0 saturated carbocycles. The van der Waals surface area contributed by atoms with Crippen LogP contribution in [-0.2, 0) is 14.2 Å². The van der Waals surface area contributed by atoms with Gasteiger partial charge in [0.1, 0.15) is 5.82 Å². The lowest BCUT2D eigenvalue weighted by atomic mass is 9.83. The number of carbonyl (C=O) groups is 1. The standard InChI is InChI=1S/C21H29ClFNO4/c1-15(2)26-11-12-27-17-5-10-28-21(14-17)6-8-24(9-7-21)20(25)18-13-16(22)3-4-19(18)23/h3-4,13,15,17H,5-12,14H2,1-2H3. The molecule has 1 spiro atoms. The summed E-state index contributed by atoms with van der Waals surface area (Å²) in [4.78, 5) is 14.4. The second kappa shape index (κ2) is 9.53. The van der Waals surface area contributed by atoms with Gasteiger partial charge in [-0.2, -0.15) is 0 Å². The molecule has 2 aliphatic rings. The average Bonchev–Trinajstić information content (AvgIpc) is 2.67. The van der Waals surface area contributed by atoms with Crippen molar-refractivity contribution < 1.29 is 23.4 Å². The molecule has 0 aliphatic carbocycles. The molecule has 156 valence electrons. The van der Waals surface area contributed by atoms with Crippen molar-refractivity contribution in [1.29, 1.82) is 0 Å². The molecule has 1 unspecified atom stereocenters. The quantitative estimate of drug-likeness (QED) is 0.659. The maximum Gasteiger partial charge on any atom is 0.256 e. The van der Waals surface area contributed by atoms with Gasteiger partial charge in [0.2, 0.25) is 0 Å². The summed E-state index contributed by atoms with van der Waals surface area (Å²) in [5.41, 5.74) is -0.231. The maximum atomic E-state index is 14.0. The van der Waals surface area contributed by atoms with Gasteiger partial charge in [0, 0.05) is 31.1 Å². The van der Waals surface area contributed by atoms with Crippen molar-refractivity contribution in [2.75, 3.05) is 32.9 Å². The second-order valence-corrected chi connectivity index (χ2v) is 8.29. The van der Waals surface area contributed by atoms with Crippen LogP contribution in [0.5, 0.6) is 0 Å². The van der Waals surface area contributed by atoms with E-state index < -0.39 is 5.82 Å². The van der Waals surface area contributed by atoms with E-state index in [1.54, 1.807) is 4.90 Å². The summed E-state index contributed by atoms with van der Waals surface area (Å²) in [6.45, 7) is 6.92. The zero-order chi connectivity index (χ0) is 20.1. The molecular weight excluding hydrogens is 385 g/mol. The number of rotatable bonds is 6. The van der Waals surface area contributed by atoms with Gasteiger partial charge in [-0.15, -0.1) is 0 Å². The molecular formula is C21H29ClFNO4. The number of hydrogen-bond acceptors (Lipinski definition) is 4. The van der Waals surface area contributed by atoms with Gasteiger partial charge in [0.15, 0.2) is 0 Å². The molecule has 7 heteroatoms. The van der Waals surface area contributed by atoms with E-state index in [1.165, 1.54) is 18.2 Å². The Morgan fingerprint density at radius 3 is 2.82 bits per heavy atom. The number of amides is 1. The lowest BCUT2D eigenvalue weighted by Crippen LogP contribution is -2.52. The summed E-state index contributed by atoms with van der Waals surface area (Å²) in [7, 11) is 0. The monoisotopic (exact) mass is 413 g/mol. The zero-order valence-electron chi connectivity index (χ0n) is 16.6. The predicted molar refractivity (Wildman–Crippen MR) is 105 cm³/mol. The van der Waals surface area contributed by atoms with Crippen molar-refractivity contribution in [2.45, 2.75) is 57.3 Å². The van der Waals surface area contributed by atoms with E-state index in [4.69, 9.17) is 25.8 Å². The molecule has 3 rings (SSSR count). The highest BCUT2D eigenvalue weighted by Crippen LogP contribution is 2.36. The molecule has 0 radical (unpaired) electrons. The van der Waals surface area contributed by atoms with Crippen molar-refractivity contribution in [1.82, 2.24) is 4.90 Å². The number of ether oxygens (including phenoxy) is 3. The Bertz CT molecular complexity index is 676. The van der Waals surface area contributed by atoms with E-state index in [0.29, 0.717) is 37.9 Å². The van der Waals surface area contributed by atoms with Gasteiger partial charge in [-0.1, -0.05) is 11.6 Å². The molecule has 0 bridgehead atoms. The van der Waals surface area contributed by atoms with Crippen molar-refractivity contribution in [3.8, 4) is 0 Å². The Labute approximate surface area is 171 Å². The van der Waals surface area contributed by atoms with E-state index in [1.807, 2.05) is 13.8 Å². The van der Waals surface area contributed by atoms with E-state index in [2.05, 4.69) is 0 Å². The van der Waals surface area contributed by atoms with Crippen LogP contribution >= 0.6 is 11.6 Å². The summed E-state index contributed by atoms with van der Waals surface area (Å²) in [6, 6.07) is 4.07. The summed E-state index contributed by atoms with van der Waals surface area (Å²) in [6.07, 6.45) is 3.50. The van der Waals surface area contributed by atoms with Crippen LogP contribution in [0.15, 0.2) is 18.2 Å². The summed E-state index contributed by atoms with van der Waals surface area (Å²) in [5.74, 6) is -0.857. The molecule has 0 N–H and O–H groups in total. The topological polar surface area (TPSA) is 48.0 Å². The van der Waals surface area contributed by atoms with Gasteiger partial charge >= 0.3 is 0 Å². The first-order valence-corrected chi connectivity index (χ1v) is 10.4. The largest absolute Gasteiger partial charge is 0.376 e. The minimum Gasteiger partial charge on any atom is -0.376 e. The van der Waals surface area contributed by atoms with Gasteiger partial charge in [0.05, 0.1) is 36.6 Å². The van der Waals surface area contributed by atoms with Crippen molar-refractivity contribution in [2.24, 2.45) is 0 Å². The smallest absolute Gasteiger partial charge is 0.256 e. The number of nitrogens with zero attached hydrogens (tertiary/aromatic N) is 1. The third-order valence-corrected chi connectivity index (χ3v) is 5.69. The van der Waals surface area contributed by atoms with E-state index in [9.17, 15) is 9.18 Å². The summed E-state index contributed by atoms with van der Waals surface area (Å²) >= 11 is 5.92. The average molecular weight is 414 g/mol. The Balaban J connectivity index is 1.52. The molecule has 2 saturated heterocycles. The Morgan fingerprint density at radius 2 is 2.11 bits per heavy atom. The Hall–Kier alpha value is -1.21. The fourth-order valence-corrected chi connectivity index (χ4v) is 4.09. The molecule has 2 fully saturated rings. The van der Waals surface area contributed by atoms with Crippen molar-refractivity contribution in [3.05, 3.63) is 34.6 Å². The minimum atomic E-state index is -0.541. The van der Waals surface area contributed by atoms with Crippen molar-refractivity contribution in [3.63, 3.8) is 0 Å². The predicted octanol–water partition coefficient (Wildman–Crippen LogP) is 4.07. The van der Waals surface area contributed by atoms with Gasteiger partial charge in [-0.3, -0.25) is 4.79 Å². The number of benzene rings is 1. The normalized spacial score (nSPS) is 22.0. The number of halogens is 2. The first-order chi connectivity index (χ1) is 13.4. The van der Waals surface area contributed by atoms with Crippen LogP contribution in [0, 0.1) is 5.82 Å². The summed E-state index contributed by atoms with van der Waals surface area (Å²) < 4.78 is 31.6. The first-order valence-electron chi connectivity index (χ1n) is 10.00. The van der Waals surface area contributed by atoms with E-state index in [-0.39, 0.29) is 29.3 Å². The molecule has 1 amide bonds. The highest BCUT2D eigenvalue weighted by Gasteiger charge is 2.41. The lowest BCUT2D eigenvalue weighted by Gasteiger charge is -2.46. The zero-order valence-corrected chi connectivity index (χ0v) is 17.3. The van der Waals surface area contributed by atoms with Crippen LogP contribution < -0.4 is 0 Å². The number of piperidine rings is 1. The lowest BCUT2D eigenvalue weighted by molar-refractivity contribution is -0.156. The molecule has 1 atom stereocenters. The maximum absolute atomic E-state index is 14.0. The third-order valence-electron chi connectivity index (χ3n) is 5.46. The third kappa shape index (κ3) is 5.44. The number of likely N-dealkylation sites (tertiary alicyclic amines) is 1. The van der Waals surface area contributed by atoms with E-state index >= 15 is 0 Å².